The molecule has 2 aromatic rings. The number of rotatable bonds is 7. The van der Waals surface area contributed by atoms with Gasteiger partial charge in [0.2, 0.25) is 10.0 Å². The van der Waals surface area contributed by atoms with Crippen molar-refractivity contribution in [2.45, 2.75) is 36.6 Å². The van der Waals surface area contributed by atoms with Crippen LogP contribution in [0.25, 0.3) is 0 Å². The third kappa shape index (κ3) is 5.37. The number of sulfonamides is 1. The number of nitrogens with one attached hydrogen (secondary N) is 1. The molecule has 0 spiro atoms. The van der Waals surface area contributed by atoms with Gasteiger partial charge in [-0.25, -0.2) is 13.1 Å². The smallest absolute Gasteiger partial charge is 0.207 e. The third-order valence-electron chi connectivity index (χ3n) is 3.62. The number of benzene rings is 2. The SMILES string of the molecule is Cc1ccc(S(=O)(=O)N[C@H](CSc2ccccc2)C(C)C)cc1. The van der Waals surface area contributed by atoms with Crippen molar-refractivity contribution in [3.63, 3.8) is 0 Å². The van der Waals surface area contributed by atoms with Crippen molar-refractivity contribution in [1.82, 2.24) is 4.72 Å². The van der Waals surface area contributed by atoms with Crippen molar-refractivity contribution < 1.29 is 8.42 Å². The van der Waals surface area contributed by atoms with Crippen molar-refractivity contribution in [3.8, 4) is 0 Å². The van der Waals surface area contributed by atoms with Crippen molar-refractivity contribution in [3.05, 3.63) is 60.2 Å². The van der Waals surface area contributed by atoms with Crippen LogP contribution in [0.2, 0.25) is 0 Å². The predicted octanol–water partition coefficient (Wildman–Crippen LogP) is 4.09. The molecule has 2 rings (SSSR count). The maximum atomic E-state index is 12.5. The lowest BCUT2D eigenvalue weighted by atomic mass is 10.1. The highest BCUT2D eigenvalue weighted by molar-refractivity contribution is 7.99. The zero-order valence-electron chi connectivity index (χ0n) is 13.7. The molecule has 124 valence electrons. The standard InChI is InChI=1S/C18H23NO2S2/c1-14(2)18(13-22-16-7-5-4-6-8-16)19-23(20,21)17-11-9-15(3)10-12-17/h4-12,14,18-19H,13H2,1-3H3/t18-/m1/s1. The first-order valence-corrected chi connectivity index (χ1v) is 10.1. The molecule has 0 aromatic heterocycles. The molecular formula is C18H23NO2S2. The van der Waals surface area contributed by atoms with E-state index in [1.165, 1.54) is 0 Å². The molecule has 1 atom stereocenters. The molecular weight excluding hydrogens is 326 g/mol. The lowest BCUT2D eigenvalue weighted by molar-refractivity contribution is 0.482. The zero-order chi connectivity index (χ0) is 16.9. The van der Waals surface area contributed by atoms with Gasteiger partial charge >= 0.3 is 0 Å². The van der Waals surface area contributed by atoms with Crippen LogP contribution in [0.15, 0.2) is 64.4 Å². The summed E-state index contributed by atoms with van der Waals surface area (Å²) in [7, 11) is -3.49. The first-order chi connectivity index (χ1) is 10.9. The minimum absolute atomic E-state index is 0.119. The molecule has 0 unspecified atom stereocenters. The summed E-state index contributed by atoms with van der Waals surface area (Å²) in [5.41, 5.74) is 1.05. The van der Waals surface area contributed by atoms with E-state index < -0.39 is 10.0 Å². The molecule has 0 heterocycles. The Kier molecular flexibility index (Phi) is 6.27. The highest BCUT2D eigenvalue weighted by Crippen LogP contribution is 2.21. The van der Waals surface area contributed by atoms with Gasteiger partial charge in [0.15, 0.2) is 0 Å². The first kappa shape index (κ1) is 18.0. The van der Waals surface area contributed by atoms with Crippen LogP contribution in [0.3, 0.4) is 0 Å². The van der Waals surface area contributed by atoms with Gasteiger partial charge in [0.25, 0.3) is 0 Å². The Morgan fingerprint density at radius 1 is 1.00 bits per heavy atom. The fourth-order valence-electron chi connectivity index (χ4n) is 2.05. The van der Waals surface area contributed by atoms with Gasteiger partial charge in [0.1, 0.15) is 0 Å². The van der Waals surface area contributed by atoms with E-state index in [-0.39, 0.29) is 12.0 Å². The summed E-state index contributed by atoms with van der Waals surface area (Å²) >= 11 is 1.67. The highest BCUT2D eigenvalue weighted by Gasteiger charge is 2.22. The Bertz CT molecular complexity index is 710. The van der Waals surface area contributed by atoms with Crippen LogP contribution in [0, 0.1) is 12.8 Å². The van der Waals surface area contributed by atoms with E-state index in [4.69, 9.17) is 0 Å². The minimum Gasteiger partial charge on any atom is -0.207 e. The van der Waals surface area contributed by atoms with E-state index in [2.05, 4.69) is 4.72 Å². The number of hydrogen-bond acceptors (Lipinski definition) is 3. The fourth-order valence-corrected chi connectivity index (χ4v) is 4.73. The van der Waals surface area contributed by atoms with E-state index in [0.717, 1.165) is 10.5 Å². The second-order valence-electron chi connectivity index (χ2n) is 5.91. The molecule has 5 heteroatoms. The monoisotopic (exact) mass is 349 g/mol. The quantitative estimate of drug-likeness (QED) is 0.766. The van der Waals surface area contributed by atoms with Crippen LogP contribution >= 0.6 is 11.8 Å². The molecule has 2 aromatic carbocycles. The molecule has 0 fully saturated rings. The van der Waals surface area contributed by atoms with Crippen LogP contribution in [-0.2, 0) is 10.0 Å². The summed E-state index contributed by atoms with van der Waals surface area (Å²) in [4.78, 5) is 1.46. The van der Waals surface area contributed by atoms with Crippen LogP contribution in [-0.4, -0.2) is 20.2 Å². The largest absolute Gasteiger partial charge is 0.240 e. The molecule has 23 heavy (non-hydrogen) atoms. The molecule has 3 nitrogen and oxygen atoms in total. The fraction of sp³-hybridized carbons (Fsp3) is 0.333. The number of thioether (sulfide) groups is 1. The summed E-state index contributed by atoms with van der Waals surface area (Å²) in [6.07, 6.45) is 0. The lowest BCUT2D eigenvalue weighted by Crippen LogP contribution is -2.40. The molecule has 0 aliphatic carbocycles. The first-order valence-electron chi connectivity index (χ1n) is 7.65. The molecule has 0 radical (unpaired) electrons. The van der Waals surface area contributed by atoms with Crippen molar-refractivity contribution in [2.24, 2.45) is 5.92 Å². The van der Waals surface area contributed by atoms with Gasteiger partial charge in [-0.05, 0) is 37.1 Å². The number of hydrogen-bond donors (Lipinski definition) is 1. The van der Waals surface area contributed by atoms with Gasteiger partial charge in [-0.2, -0.15) is 0 Å². The second kappa shape index (κ2) is 7.99. The van der Waals surface area contributed by atoms with E-state index in [0.29, 0.717) is 10.6 Å². The average molecular weight is 350 g/mol. The molecule has 0 saturated heterocycles. The summed E-state index contributed by atoms with van der Waals surface area (Å²) in [5.74, 6) is 0.915. The summed E-state index contributed by atoms with van der Waals surface area (Å²) < 4.78 is 27.9. The normalized spacial score (nSPS) is 13.2. The van der Waals surface area contributed by atoms with Crippen molar-refractivity contribution >= 4 is 21.8 Å². The average Bonchev–Trinajstić information content (AvgIpc) is 2.52. The minimum atomic E-state index is -3.49. The molecule has 0 amide bonds. The maximum Gasteiger partial charge on any atom is 0.240 e. The Labute approximate surface area is 143 Å². The van der Waals surface area contributed by atoms with E-state index in [9.17, 15) is 8.42 Å². The maximum absolute atomic E-state index is 12.5. The topological polar surface area (TPSA) is 46.2 Å². The molecule has 0 bridgehead atoms. The van der Waals surface area contributed by atoms with Crippen molar-refractivity contribution in [1.29, 1.82) is 0 Å². The van der Waals surface area contributed by atoms with Gasteiger partial charge in [0.05, 0.1) is 4.90 Å². The second-order valence-corrected chi connectivity index (χ2v) is 8.72. The lowest BCUT2D eigenvalue weighted by Gasteiger charge is -2.22. The van der Waals surface area contributed by atoms with Gasteiger partial charge in [0, 0.05) is 16.7 Å². The van der Waals surface area contributed by atoms with Gasteiger partial charge < -0.3 is 0 Å². The Balaban J connectivity index is 2.07. The van der Waals surface area contributed by atoms with Gasteiger partial charge in [-0.3, -0.25) is 0 Å². The van der Waals surface area contributed by atoms with E-state index in [1.807, 2.05) is 63.2 Å². The van der Waals surface area contributed by atoms with Crippen LogP contribution in [0.5, 0.6) is 0 Å². The van der Waals surface area contributed by atoms with Gasteiger partial charge in [-0.1, -0.05) is 49.7 Å². The Morgan fingerprint density at radius 3 is 2.17 bits per heavy atom. The van der Waals surface area contributed by atoms with E-state index in [1.54, 1.807) is 23.9 Å². The summed E-state index contributed by atoms with van der Waals surface area (Å²) in [6.45, 7) is 6.01. The molecule has 0 aliphatic heterocycles. The van der Waals surface area contributed by atoms with E-state index >= 15 is 0 Å². The van der Waals surface area contributed by atoms with Crippen LogP contribution in [0.1, 0.15) is 19.4 Å². The number of aryl methyl sites for hydroxylation is 1. The predicted molar refractivity (Wildman–Crippen MR) is 97.3 cm³/mol. The Morgan fingerprint density at radius 2 is 1.61 bits per heavy atom. The Hall–Kier alpha value is -1.30. The molecule has 0 saturated carbocycles. The van der Waals surface area contributed by atoms with Crippen LogP contribution < -0.4 is 4.72 Å². The summed E-state index contributed by atoms with van der Waals surface area (Å²) in [5, 5.41) is 0. The molecule has 1 N–H and O–H groups in total. The third-order valence-corrected chi connectivity index (χ3v) is 6.25. The van der Waals surface area contributed by atoms with Crippen molar-refractivity contribution in [2.75, 3.05) is 5.75 Å². The zero-order valence-corrected chi connectivity index (χ0v) is 15.3. The summed E-state index contributed by atoms with van der Waals surface area (Å²) in [6, 6.07) is 16.9. The van der Waals surface area contributed by atoms with Crippen LogP contribution in [0.4, 0.5) is 0 Å². The highest BCUT2D eigenvalue weighted by atomic mass is 32.2. The van der Waals surface area contributed by atoms with Gasteiger partial charge in [-0.15, -0.1) is 11.8 Å². The molecule has 0 aliphatic rings.